The number of sulfone groups is 1. The van der Waals surface area contributed by atoms with Gasteiger partial charge in [0.15, 0.2) is 15.4 Å². The maximum atomic E-state index is 12.3. The average Bonchev–Trinajstić information content (AvgIpc) is 2.82. The first-order valence-electron chi connectivity index (χ1n) is 6.60. The summed E-state index contributed by atoms with van der Waals surface area (Å²) in [6.45, 7) is 0. The van der Waals surface area contributed by atoms with Crippen molar-refractivity contribution in [2.75, 3.05) is 18.7 Å². The third kappa shape index (κ3) is 3.23. The molecule has 1 aliphatic carbocycles. The highest BCUT2D eigenvalue weighted by Gasteiger charge is 2.54. The number of carbonyl (C=O) groups excluding carboxylic acids is 1. The second-order valence-electron chi connectivity index (χ2n) is 5.31. The molecular formula is C14H18BrNO4S. The third-order valence-electron chi connectivity index (χ3n) is 3.85. The fourth-order valence-electron chi connectivity index (χ4n) is 2.99. The normalized spacial score (nSPS) is 25.6. The Hall–Kier alpha value is -1.08. The molecule has 0 aliphatic heterocycles. The second-order valence-corrected chi connectivity index (χ2v) is 8.45. The molecule has 1 fully saturated rings. The lowest BCUT2D eigenvalue weighted by molar-refractivity contribution is -0.145. The van der Waals surface area contributed by atoms with Gasteiger partial charge in [-0.15, -0.1) is 0 Å². The number of nitrogens with one attached hydrogen (secondary N) is 1. The predicted molar refractivity (Wildman–Crippen MR) is 85.0 cm³/mol. The summed E-state index contributed by atoms with van der Waals surface area (Å²) in [6.07, 6.45) is 2.72. The van der Waals surface area contributed by atoms with E-state index in [9.17, 15) is 13.2 Å². The zero-order valence-corrected chi connectivity index (χ0v) is 14.3. The van der Waals surface area contributed by atoms with Crippen LogP contribution in [0.1, 0.15) is 19.3 Å². The van der Waals surface area contributed by atoms with Crippen LogP contribution in [-0.4, -0.2) is 38.5 Å². The molecule has 7 heteroatoms. The number of hydrogen-bond acceptors (Lipinski definition) is 5. The van der Waals surface area contributed by atoms with Gasteiger partial charge in [0.05, 0.1) is 12.4 Å². The van der Waals surface area contributed by atoms with E-state index >= 15 is 0 Å². The molecule has 21 heavy (non-hydrogen) atoms. The molecule has 1 saturated carbocycles. The largest absolute Gasteiger partial charge is 0.467 e. The van der Waals surface area contributed by atoms with Gasteiger partial charge in [-0.25, -0.2) is 13.2 Å². The van der Waals surface area contributed by atoms with Crippen LogP contribution in [0.2, 0.25) is 0 Å². The lowest BCUT2D eigenvalue weighted by Gasteiger charge is -2.33. The smallest absolute Gasteiger partial charge is 0.332 e. The van der Waals surface area contributed by atoms with Crippen molar-refractivity contribution in [1.29, 1.82) is 0 Å². The van der Waals surface area contributed by atoms with Crippen LogP contribution >= 0.6 is 15.9 Å². The molecule has 2 unspecified atom stereocenters. The Morgan fingerprint density at radius 3 is 2.76 bits per heavy atom. The van der Waals surface area contributed by atoms with Crippen molar-refractivity contribution in [2.24, 2.45) is 0 Å². The number of hydrogen-bond donors (Lipinski definition) is 1. The van der Waals surface area contributed by atoms with E-state index in [0.29, 0.717) is 24.9 Å². The Labute approximate surface area is 133 Å². The summed E-state index contributed by atoms with van der Waals surface area (Å²) in [7, 11) is -2.09. The van der Waals surface area contributed by atoms with Gasteiger partial charge in [-0.3, -0.25) is 0 Å². The van der Waals surface area contributed by atoms with E-state index in [1.807, 2.05) is 18.2 Å². The molecule has 0 saturated heterocycles. The fourth-order valence-corrected chi connectivity index (χ4v) is 4.98. The van der Waals surface area contributed by atoms with Gasteiger partial charge in [0, 0.05) is 16.4 Å². The summed E-state index contributed by atoms with van der Waals surface area (Å²) in [5.74, 6) is -0.532. The number of ether oxygens (including phenoxy) is 1. The molecular weight excluding hydrogens is 358 g/mol. The monoisotopic (exact) mass is 375 g/mol. The van der Waals surface area contributed by atoms with Crippen LogP contribution in [0.25, 0.3) is 0 Å². The maximum absolute atomic E-state index is 12.3. The van der Waals surface area contributed by atoms with E-state index in [0.717, 1.165) is 4.47 Å². The van der Waals surface area contributed by atoms with Gasteiger partial charge < -0.3 is 10.1 Å². The highest BCUT2D eigenvalue weighted by molar-refractivity contribution is 9.10. The minimum absolute atomic E-state index is 0.434. The summed E-state index contributed by atoms with van der Waals surface area (Å²) < 4.78 is 29.9. The van der Waals surface area contributed by atoms with Crippen molar-refractivity contribution in [3.63, 3.8) is 0 Å². The van der Waals surface area contributed by atoms with Crippen LogP contribution in [0.3, 0.4) is 0 Å². The first-order chi connectivity index (χ1) is 9.79. The summed E-state index contributed by atoms with van der Waals surface area (Å²) >= 11 is 3.36. The van der Waals surface area contributed by atoms with E-state index in [2.05, 4.69) is 21.2 Å². The molecule has 2 rings (SSSR count). The first-order valence-corrected chi connectivity index (χ1v) is 9.35. The molecule has 0 radical (unpaired) electrons. The molecule has 0 spiro atoms. The van der Waals surface area contributed by atoms with Crippen LogP contribution in [0, 0.1) is 0 Å². The fraction of sp³-hybridized carbons (Fsp3) is 0.500. The molecule has 116 valence electrons. The molecule has 1 aliphatic rings. The first kappa shape index (κ1) is 16.3. The Balaban J connectivity index is 2.45. The average molecular weight is 376 g/mol. The molecule has 5 nitrogen and oxygen atoms in total. The van der Waals surface area contributed by atoms with Gasteiger partial charge in [0.1, 0.15) is 0 Å². The minimum Gasteiger partial charge on any atom is -0.467 e. The summed E-state index contributed by atoms with van der Waals surface area (Å²) in [5, 5.41) is 2.34. The molecule has 0 bridgehead atoms. The standard InChI is InChI=1S/C14H18BrNO4S/c1-20-13(17)14(8-4-7-12(14)21(2,18)19)16-11-6-3-5-10(15)9-11/h3,5-6,9,12,16H,4,7-8H2,1-2H3. The third-order valence-corrected chi connectivity index (χ3v) is 6.01. The number of methoxy groups -OCH3 is 1. The molecule has 1 aromatic rings. The van der Waals surface area contributed by atoms with Crippen LogP contribution < -0.4 is 5.32 Å². The number of carbonyl (C=O) groups is 1. The SMILES string of the molecule is COC(=O)C1(Nc2cccc(Br)c2)CCCC1S(C)(=O)=O. The van der Waals surface area contributed by atoms with Crippen molar-refractivity contribution in [2.45, 2.75) is 30.1 Å². The molecule has 2 atom stereocenters. The van der Waals surface area contributed by atoms with E-state index < -0.39 is 26.6 Å². The lowest BCUT2D eigenvalue weighted by atomic mass is 9.96. The quantitative estimate of drug-likeness (QED) is 0.817. The molecule has 0 heterocycles. The van der Waals surface area contributed by atoms with Gasteiger partial charge in [-0.05, 0) is 37.5 Å². The van der Waals surface area contributed by atoms with Crippen LogP contribution in [0.15, 0.2) is 28.7 Å². The Kier molecular flexibility index (Phi) is 4.63. The molecule has 1 aromatic carbocycles. The Bertz CT molecular complexity index is 646. The van der Waals surface area contributed by atoms with Gasteiger partial charge in [0.25, 0.3) is 0 Å². The number of halogens is 1. The van der Waals surface area contributed by atoms with Gasteiger partial charge in [-0.2, -0.15) is 0 Å². The summed E-state index contributed by atoms with van der Waals surface area (Å²) in [6, 6.07) is 7.29. The topological polar surface area (TPSA) is 72.5 Å². The number of benzene rings is 1. The van der Waals surface area contributed by atoms with Gasteiger partial charge in [0.2, 0.25) is 0 Å². The second kappa shape index (κ2) is 5.96. The van der Waals surface area contributed by atoms with Crippen LogP contribution in [0.5, 0.6) is 0 Å². The molecule has 1 N–H and O–H groups in total. The van der Waals surface area contributed by atoms with Crippen LogP contribution in [0.4, 0.5) is 5.69 Å². The van der Waals surface area contributed by atoms with E-state index in [4.69, 9.17) is 4.74 Å². The summed E-state index contributed by atoms with van der Waals surface area (Å²) in [4.78, 5) is 12.3. The predicted octanol–water partition coefficient (Wildman–Crippen LogP) is 2.37. The van der Waals surface area contributed by atoms with Crippen molar-refractivity contribution in [3.8, 4) is 0 Å². The Morgan fingerprint density at radius 1 is 1.48 bits per heavy atom. The van der Waals surface area contributed by atoms with Gasteiger partial charge >= 0.3 is 5.97 Å². The van der Waals surface area contributed by atoms with Crippen molar-refractivity contribution >= 4 is 37.4 Å². The van der Waals surface area contributed by atoms with Crippen LogP contribution in [-0.2, 0) is 19.4 Å². The highest BCUT2D eigenvalue weighted by atomic mass is 79.9. The zero-order valence-electron chi connectivity index (χ0n) is 11.9. The van der Waals surface area contributed by atoms with E-state index in [1.165, 1.54) is 13.4 Å². The highest BCUT2D eigenvalue weighted by Crippen LogP contribution is 2.39. The number of esters is 1. The van der Waals surface area contributed by atoms with Crippen molar-refractivity contribution in [1.82, 2.24) is 0 Å². The summed E-state index contributed by atoms with van der Waals surface area (Å²) in [5.41, 5.74) is -0.534. The van der Waals surface area contributed by atoms with E-state index in [1.54, 1.807) is 6.07 Å². The van der Waals surface area contributed by atoms with Crippen molar-refractivity contribution in [3.05, 3.63) is 28.7 Å². The number of rotatable bonds is 4. The molecule has 0 aromatic heterocycles. The zero-order chi connectivity index (χ0) is 15.7. The molecule has 0 amide bonds. The maximum Gasteiger partial charge on any atom is 0.332 e. The number of anilines is 1. The lowest BCUT2D eigenvalue weighted by Crippen LogP contribution is -2.55. The minimum atomic E-state index is -3.37. The van der Waals surface area contributed by atoms with E-state index in [-0.39, 0.29) is 0 Å². The Morgan fingerprint density at radius 2 is 2.19 bits per heavy atom. The van der Waals surface area contributed by atoms with Crippen molar-refractivity contribution < 1.29 is 17.9 Å². The van der Waals surface area contributed by atoms with Gasteiger partial charge in [-0.1, -0.05) is 22.0 Å².